The minimum atomic E-state index is -3.66. The molecule has 192 valence electrons. The Kier molecular flexibility index (Phi) is 7.87. The number of aliphatic hydroxyl groups excluding tert-OH is 1. The number of aliphatic hydroxyl groups is 1. The van der Waals surface area contributed by atoms with Crippen LogP contribution in [0.2, 0.25) is 0 Å². The fourth-order valence-electron chi connectivity index (χ4n) is 4.68. The highest BCUT2D eigenvalue weighted by molar-refractivity contribution is 7.89. The number of sulfonamides is 1. The predicted molar refractivity (Wildman–Crippen MR) is 131 cm³/mol. The van der Waals surface area contributed by atoms with Crippen LogP contribution in [0, 0.1) is 5.82 Å². The van der Waals surface area contributed by atoms with E-state index in [4.69, 9.17) is 4.74 Å². The van der Waals surface area contributed by atoms with Crippen molar-refractivity contribution in [3.63, 3.8) is 0 Å². The van der Waals surface area contributed by atoms with Crippen molar-refractivity contribution in [2.45, 2.75) is 36.6 Å². The topological polar surface area (TPSA) is 104 Å². The molecular formula is C26H29FN2O6S. The van der Waals surface area contributed by atoms with Crippen LogP contribution in [-0.4, -0.2) is 67.8 Å². The molecule has 0 radical (unpaired) electrons. The number of hydrogen-bond donors (Lipinski definition) is 1. The number of carbonyl (C=O) groups excluding carboxylic acids is 2. The summed E-state index contributed by atoms with van der Waals surface area (Å²) in [6.45, 7) is 1.50. The molecule has 0 saturated carbocycles. The lowest BCUT2D eigenvalue weighted by Gasteiger charge is -2.26. The van der Waals surface area contributed by atoms with Crippen LogP contribution in [-0.2, 0) is 24.3 Å². The number of ether oxygens (including phenoxy) is 1. The first-order valence-electron chi connectivity index (χ1n) is 11.9. The maximum atomic E-state index is 13.6. The lowest BCUT2D eigenvalue weighted by molar-refractivity contribution is -0.140. The average molecular weight is 517 g/mol. The normalized spacial score (nSPS) is 20.7. The Morgan fingerprint density at radius 2 is 1.67 bits per heavy atom. The molecule has 0 unspecified atom stereocenters. The van der Waals surface area contributed by atoms with Gasteiger partial charge in [-0.1, -0.05) is 18.6 Å². The zero-order valence-corrected chi connectivity index (χ0v) is 20.8. The predicted octanol–water partition coefficient (Wildman–Crippen LogP) is 3.46. The highest BCUT2D eigenvalue weighted by atomic mass is 32.2. The van der Waals surface area contributed by atoms with Crippen molar-refractivity contribution < 1.29 is 32.2 Å². The number of likely N-dealkylation sites (tertiary alicyclic amines) is 1. The molecule has 0 spiro atoms. The largest absolute Gasteiger partial charge is 0.507 e. The van der Waals surface area contributed by atoms with Crippen LogP contribution in [0.15, 0.2) is 59.0 Å². The summed E-state index contributed by atoms with van der Waals surface area (Å²) in [4.78, 5) is 27.4. The van der Waals surface area contributed by atoms with Crippen LogP contribution in [0.25, 0.3) is 5.76 Å². The van der Waals surface area contributed by atoms with Gasteiger partial charge in [0.25, 0.3) is 11.7 Å². The molecule has 4 rings (SSSR count). The number of halogens is 1. The minimum absolute atomic E-state index is 0.0936. The molecule has 2 aliphatic heterocycles. The zero-order valence-electron chi connectivity index (χ0n) is 20.0. The van der Waals surface area contributed by atoms with Gasteiger partial charge < -0.3 is 14.7 Å². The van der Waals surface area contributed by atoms with Crippen molar-refractivity contribution in [2.75, 3.05) is 33.4 Å². The Morgan fingerprint density at radius 1 is 1.03 bits per heavy atom. The molecule has 36 heavy (non-hydrogen) atoms. The van der Waals surface area contributed by atoms with Gasteiger partial charge >= 0.3 is 0 Å². The summed E-state index contributed by atoms with van der Waals surface area (Å²) in [5, 5.41) is 11.1. The molecule has 0 aromatic heterocycles. The summed E-state index contributed by atoms with van der Waals surface area (Å²) >= 11 is 0. The van der Waals surface area contributed by atoms with Gasteiger partial charge in [0.05, 0.1) is 16.5 Å². The van der Waals surface area contributed by atoms with E-state index < -0.39 is 39.3 Å². The molecule has 1 N–H and O–H groups in total. The van der Waals surface area contributed by atoms with E-state index in [1.165, 1.54) is 64.8 Å². The Morgan fingerprint density at radius 3 is 2.28 bits per heavy atom. The van der Waals surface area contributed by atoms with Crippen LogP contribution < -0.4 is 0 Å². The summed E-state index contributed by atoms with van der Waals surface area (Å²) in [5.41, 5.74) is 0.545. The van der Waals surface area contributed by atoms with Gasteiger partial charge in [0, 0.05) is 38.9 Å². The maximum absolute atomic E-state index is 13.6. The number of rotatable bonds is 8. The first kappa shape index (κ1) is 26.0. The van der Waals surface area contributed by atoms with Crippen molar-refractivity contribution in [3.05, 3.63) is 71.0 Å². The molecular weight excluding hydrogens is 487 g/mol. The molecule has 1 atom stereocenters. The quantitative estimate of drug-likeness (QED) is 0.249. The molecule has 10 heteroatoms. The molecule has 2 aromatic carbocycles. The van der Waals surface area contributed by atoms with Gasteiger partial charge in [-0.25, -0.2) is 12.8 Å². The van der Waals surface area contributed by atoms with Crippen molar-refractivity contribution >= 4 is 27.5 Å². The standard InChI is InChI=1S/C26H29FN2O6S/c1-35-17-5-16-29-23(18-6-10-20(27)11-7-18)22(25(31)26(29)32)24(30)19-8-12-21(13-9-19)36(33,34)28-14-3-2-4-15-28/h6-13,23,30H,2-5,14-17H2,1H3/t23-/m1/s1. The fraction of sp³-hybridized carbons (Fsp3) is 0.385. The van der Waals surface area contributed by atoms with Crippen molar-refractivity contribution in [1.82, 2.24) is 9.21 Å². The maximum Gasteiger partial charge on any atom is 0.295 e. The third-order valence-corrected chi connectivity index (χ3v) is 8.47. The molecule has 8 nitrogen and oxygen atoms in total. The SMILES string of the molecule is COCCCN1C(=O)C(=O)C(=C(O)c2ccc(S(=O)(=O)N3CCCCC3)cc2)[C@H]1c1ccc(F)cc1. The molecule has 0 aliphatic carbocycles. The number of hydrogen-bond acceptors (Lipinski definition) is 6. The van der Waals surface area contributed by atoms with Crippen LogP contribution >= 0.6 is 0 Å². The number of methoxy groups -OCH3 is 1. The lowest BCUT2D eigenvalue weighted by atomic mass is 9.95. The van der Waals surface area contributed by atoms with Crippen molar-refractivity contribution in [3.8, 4) is 0 Å². The zero-order chi connectivity index (χ0) is 25.9. The number of Topliss-reactive ketones (excluding diaryl/α,β-unsaturated/α-hetero) is 1. The van der Waals surface area contributed by atoms with Crippen molar-refractivity contribution in [2.24, 2.45) is 0 Å². The van der Waals surface area contributed by atoms with E-state index in [1.54, 1.807) is 0 Å². The molecule has 2 fully saturated rings. The Labute approximate surface area is 210 Å². The van der Waals surface area contributed by atoms with Gasteiger partial charge in [0.15, 0.2) is 0 Å². The summed E-state index contributed by atoms with van der Waals surface area (Å²) in [6, 6.07) is 10.1. The van der Waals surface area contributed by atoms with E-state index in [0.717, 1.165) is 19.3 Å². The van der Waals surface area contributed by atoms with Gasteiger partial charge in [-0.15, -0.1) is 0 Å². The highest BCUT2D eigenvalue weighted by Gasteiger charge is 2.45. The summed E-state index contributed by atoms with van der Waals surface area (Å²) in [6.07, 6.45) is 3.08. The lowest BCUT2D eigenvalue weighted by Crippen LogP contribution is -2.35. The summed E-state index contributed by atoms with van der Waals surface area (Å²) in [5.74, 6) is -2.52. The summed E-state index contributed by atoms with van der Waals surface area (Å²) < 4.78 is 46.0. The highest BCUT2D eigenvalue weighted by Crippen LogP contribution is 2.39. The van der Waals surface area contributed by atoms with Gasteiger partial charge in [0.1, 0.15) is 11.6 Å². The molecule has 0 bridgehead atoms. The number of nitrogens with zero attached hydrogens (tertiary/aromatic N) is 2. The number of benzene rings is 2. The second-order valence-corrected chi connectivity index (χ2v) is 10.8. The van der Waals surface area contributed by atoms with Gasteiger partial charge in [-0.2, -0.15) is 4.31 Å². The van der Waals surface area contributed by atoms with Crippen LogP contribution in [0.4, 0.5) is 4.39 Å². The minimum Gasteiger partial charge on any atom is -0.507 e. The second kappa shape index (κ2) is 10.9. The van der Waals surface area contributed by atoms with E-state index in [-0.39, 0.29) is 22.6 Å². The molecule has 2 aliphatic rings. The van der Waals surface area contributed by atoms with Gasteiger partial charge in [-0.3, -0.25) is 9.59 Å². The molecule has 2 aromatic rings. The van der Waals surface area contributed by atoms with E-state index >= 15 is 0 Å². The first-order chi connectivity index (χ1) is 17.3. The monoisotopic (exact) mass is 516 g/mol. The van der Waals surface area contributed by atoms with E-state index in [2.05, 4.69) is 0 Å². The molecule has 1 amide bonds. The second-order valence-electron chi connectivity index (χ2n) is 8.88. The number of ketones is 1. The Hall–Kier alpha value is -3.08. The Balaban J connectivity index is 1.71. The average Bonchev–Trinajstić information content (AvgIpc) is 3.14. The first-order valence-corrected chi connectivity index (χ1v) is 13.3. The van der Waals surface area contributed by atoms with Crippen LogP contribution in [0.5, 0.6) is 0 Å². The van der Waals surface area contributed by atoms with E-state index in [9.17, 15) is 27.5 Å². The van der Waals surface area contributed by atoms with Gasteiger partial charge in [0.2, 0.25) is 10.0 Å². The third kappa shape index (κ3) is 5.07. The Bertz CT molecular complexity index is 1250. The number of carbonyl (C=O) groups is 2. The van der Waals surface area contributed by atoms with Crippen LogP contribution in [0.3, 0.4) is 0 Å². The smallest absolute Gasteiger partial charge is 0.295 e. The number of amides is 1. The molecule has 2 saturated heterocycles. The van der Waals surface area contributed by atoms with E-state index in [0.29, 0.717) is 31.7 Å². The molecule has 2 heterocycles. The third-order valence-electron chi connectivity index (χ3n) is 6.55. The van der Waals surface area contributed by atoms with Crippen molar-refractivity contribution in [1.29, 1.82) is 0 Å². The van der Waals surface area contributed by atoms with E-state index in [1.807, 2.05) is 0 Å². The van der Waals surface area contributed by atoms with Crippen LogP contribution in [0.1, 0.15) is 42.9 Å². The number of piperidine rings is 1. The van der Waals surface area contributed by atoms with Gasteiger partial charge in [-0.05, 0) is 61.2 Å². The fourth-order valence-corrected chi connectivity index (χ4v) is 6.19. The summed E-state index contributed by atoms with van der Waals surface area (Å²) in [7, 11) is -2.14.